The Morgan fingerprint density at radius 2 is 2.40 bits per heavy atom. The van der Waals surface area contributed by atoms with E-state index in [1.165, 1.54) is 5.56 Å². The minimum Gasteiger partial charge on any atom is -0.492 e. The molecular weight excluding hydrogens is 214 g/mol. The molecule has 1 aliphatic rings. The van der Waals surface area contributed by atoms with E-state index in [4.69, 9.17) is 21.5 Å². The molecule has 2 rings (SSSR count). The first-order valence-electron chi connectivity index (χ1n) is 5.04. The Kier molecular flexibility index (Phi) is 3.14. The molecule has 0 unspecified atom stereocenters. The summed E-state index contributed by atoms with van der Waals surface area (Å²) in [5.41, 5.74) is 5.52. The maximum Gasteiger partial charge on any atom is 0.141 e. The molecule has 1 aromatic rings. The largest absolute Gasteiger partial charge is 0.492 e. The highest BCUT2D eigenvalue weighted by Gasteiger charge is 2.18. The van der Waals surface area contributed by atoms with Crippen molar-refractivity contribution >= 4 is 11.6 Å². The summed E-state index contributed by atoms with van der Waals surface area (Å²) in [6.07, 6.45) is 2.03. The lowest BCUT2D eigenvalue weighted by atomic mass is 9.96. The van der Waals surface area contributed by atoms with Gasteiger partial charge in [-0.15, -0.1) is 0 Å². The number of ether oxygens (including phenoxy) is 1. The molecule has 4 heteroatoms. The van der Waals surface area contributed by atoms with Gasteiger partial charge in [0.1, 0.15) is 5.75 Å². The predicted molar refractivity (Wildman–Crippen MR) is 58.6 cm³/mol. The van der Waals surface area contributed by atoms with Gasteiger partial charge in [0.2, 0.25) is 0 Å². The second-order valence-electron chi connectivity index (χ2n) is 3.74. The number of hydroxylamine groups is 1. The van der Waals surface area contributed by atoms with Gasteiger partial charge in [-0.2, -0.15) is 0 Å². The van der Waals surface area contributed by atoms with Crippen LogP contribution >= 0.6 is 11.6 Å². The summed E-state index contributed by atoms with van der Waals surface area (Å²) in [7, 11) is 0. The van der Waals surface area contributed by atoms with Gasteiger partial charge in [0, 0.05) is 6.54 Å². The topological polar surface area (TPSA) is 41.5 Å². The molecule has 82 valence electrons. The van der Waals surface area contributed by atoms with E-state index in [0.29, 0.717) is 11.6 Å². The van der Waals surface area contributed by atoms with Crippen molar-refractivity contribution < 1.29 is 9.94 Å². The van der Waals surface area contributed by atoms with Crippen molar-refractivity contribution in [3.8, 4) is 5.75 Å². The number of halogens is 1. The van der Waals surface area contributed by atoms with Crippen LogP contribution in [0.2, 0.25) is 5.02 Å². The van der Waals surface area contributed by atoms with Crippen LogP contribution in [-0.2, 0) is 13.0 Å². The molecule has 0 aliphatic carbocycles. The second kappa shape index (κ2) is 4.39. The van der Waals surface area contributed by atoms with Gasteiger partial charge in [0.15, 0.2) is 0 Å². The Hall–Kier alpha value is -0.770. The Bertz CT molecular complexity index is 379. The molecule has 1 heterocycles. The number of hydrogen-bond donors (Lipinski definition) is 2. The quantitative estimate of drug-likeness (QED) is 0.763. The van der Waals surface area contributed by atoms with Crippen molar-refractivity contribution in [3.63, 3.8) is 0 Å². The van der Waals surface area contributed by atoms with Gasteiger partial charge < -0.3 is 9.94 Å². The molecule has 2 N–H and O–H groups in total. The highest BCUT2D eigenvalue weighted by molar-refractivity contribution is 6.32. The predicted octanol–water partition coefficient (Wildman–Crippen LogP) is 2.45. The van der Waals surface area contributed by atoms with Crippen molar-refractivity contribution in [3.05, 3.63) is 27.8 Å². The van der Waals surface area contributed by atoms with Crippen molar-refractivity contribution in [2.75, 3.05) is 6.61 Å². The number of hydrogen-bond acceptors (Lipinski definition) is 3. The van der Waals surface area contributed by atoms with Crippen LogP contribution in [0.15, 0.2) is 6.07 Å². The van der Waals surface area contributed by atoms with E-state index in [2.05, 4.69) is 5.48 Å². The summed E-state index contributed by atoms with van der Waals surface area (Å²) in [5.74, 6) is 0.821. The minimum atomic E-state index is 0.416. The minimum absolute atomic E-state index is 0.416. The van der Waals surface area contributed by atoms with Crippen LogP contribution in [0, 0.1) is 6.92 Å². The van der Waals surface area contributed by atoms with Crippen LogP contribution in [-0.4, -0.2) is 11.8 Å². The third-order valence-corrected chi connectivity index (χ3v) is 3.09. The van der Waals surface area contributed by atoms with Crippen LogP contribution < -0.4 is 10.2 Å². The van der Waals surface area contributed by atoms with E-state index < -0.39 is 0 Å². The molecule has 3 nitrogen and oxygen atoms in total. The van der Waals surface area contributed by atoms with Gasteiger partial charge in [0.25, 0.3) is 0 Å². The zero-order valence-electron chi connectivity index (χ0n) is 8.64. The van der Waals surface area contributed by atoms with Crippen LogP contribution in [0.5, 0.6) is 5.75 Å². The van der Waals surface area contributed by atoms with Gasteiger partial charge in [-0.25, -0.2) is 5.48 Å². The second-order valence-corrected chi connectivity index (χ2v) is 4.14. The Balaban J connectivity index is 2.49. The summed E-state index contributed by atoms with van der Waals surface area (Å²) in [5, 5.41) is 9.35. The summed E-state index contributed by atoms with van der Waals surface area (Å²) in [4.78, 5) is 0. The van der Waals surface area contributed by atoms with Gasteiger partial charge >= 0.3 is 0 Å². The maximum atomic E-state index is 8.71. The zero-order valence-corrected chi connectivity index (χ0v) is 9.40. The molecule has 1 aliphatic heterocycles. The fourth-order valence-electron chi connectivity index (χ4n) is 1.98. The average Bonchev–Trinajstić information content (AvgIpc) is 2.26. The molecule has 0 atom stereocenters. The lowest BCUT2D eigenvalue weighted by Gasteiger charge is -2.22. The van der Waals surface area contributed by atoms with E-state index in [1.807, 2.05) is 13.0 Å². The third kappa shape index (κ3) is 1.95. The van der Waals surface area contributed by atoms with E-state index >= 15 is 0 Å². The number of nitrogens with one attached hydrogen (secondary N) is 1. The van der Waals surface area contributed by atoms with Crippen molar-refractivity contribution in [1.82, 2.24) is 5.48 Å². The fraction of sp³-hybridized carbons (Fsp3) is 0.455. The summed E-state index contributed by atoms with van der Waals surface area (Å²) in [6.45, 7) is 3.19. The molecular formula is C11H14ClNO2. The van der Waals surface area contributed by atoms with Gasteiger partial charge in [0.05, 0.1) is 11.6 Å². The molecule has 1 aromatic carbocycles. The first-order valence-corrected chi connectivity index (χ1v) is 5.42. The normalized spacial score (nSPS) is 14.6. The molecule has 0 aromatic heterocycles. The number of benzene rings is 1. The molecule has 0 amide bonds. The smallest absolute Gasteiger partial charge is 0.141 e. The summed E-state index contributed by atoms with van der Waals surface area (Å²) >= 11 is 6.12. The SMILES string of the molecule is Cc1c(CNO)cc(Cl)c2c1CCCO2. The van der Waals surface area contributed by atoms with Gasteiger partial charge in [-0.3, -0.25) is 0 Å². The zero-order chi connectivity index (χ0) is 10.8. The summed E-state index contributed by atoms with van der Waals surface area (Å²) < 4.78 is 5.55. The third-order valence-electron chi connectivity index (χ3n) is 2.81. The lowest BCUT2D eigenvalue weighted by Crippen LogP contribution is -2.14. The van der Waals surface area contributed by atoms with E-state index in [-0.39, 0.29) is 0 Å². The van der Waals surface area contributed by atoms with Crippen molar-refractivity contribution in [2.45, 2.75) is 26.3 Å². The Labute approximate surface area is 94.0 Å². The van der Waals surface area contributed by atoms with Crippen LogP contribution in [0.4, 0.5) is 0 Å². The maximum absolute atomic E-state index is 8.71. The Morgan fingerprint density at radius 3 is 3.13 bits per heavy atom. The van der Waals surface area contributed by atoms with E-state index in [1.54, 1.807) is 0 Å². The molecule has 0 bridgehead atoms. The number of fused-ring (bicyclic) bond motifs is 1. The molecule has 0 radical (unpaired) electrons. The standard InChI is InChI=1S/C11H14ClNO2/c1-7-8(6-13-14)5-10(12)11-9(7)3-2-4-15-11/h5,13-14H,2-4,6H2,1H3. The van der Waals surface area contributed by atoms with Gasteiger partial charge in [-0.05, 0) is 42.5 Å². The molecule has 0 fully saturated rings. The molecule has 15 heavy (non-hydrogen) atoms. The lowest BCUT2D eigenvalue weighted by molar-refractivity contribution is 0.161. The van der Waals surface area contributed by atoms with Crippen LogP contribution in [0.1, 0.15) is 23.1 Å². The fourth-order valence-corrected chi connectivity index (χ4v) is 2.28. The first-order chi connectivity index (χ1) is 7.24. The molecule has 0 saturated heterocycles. The first kappa shape index (κ1) is 10.7. The van der Waals surface area contributed by atoms with Crippen LogP contribution in [0.25, 0.3) is 0 Å². The highest BCUT2D eigenvalue weighted by atomic mass is 35.5. The van der Waals surface area contributed by atoms with Gasteiger partial charge in [-0.1, -0.05) is 11.6 Å². The van der Waals surface area contributed by atoms with E-state index in [0.717, 1.165) is 36.3 Å². The average molecular weight is 228 g/mol. The molecule has 0 spiro atoms. The molecule has 0 saturated carbocycles. The number of rotatable bonds is 2. The van der Waals surface area contributed by atoms with E-state index in [9.17, 15) is 0 Å². The highest BCUT2D eigenvalue weighted by Crippen LogP contribution is 2.36. The Morgan fingerprint density at radius 1 is 1.60 bits per heavy atom. The van der Waals surface area contributed by atoms with Crippen LogP contribution in [0.3, 0.4) is 0 Å². The monoisotopic (exact) mass is 227 g/mol. The van der Waals surface area contributed by atoms with Crippen molar-refractivity contribution in [2.24, 2.45) is 0 Å². The summed E-state index contributed by atoms with van der Waals surface area (Å²) in [6, 6.07) is 1.85. The van der Waals surface area contributed by atoms with Crippen molar-refractivity contribution in [1.29, 1.82) is 0 Å².